The first-order chi connectivity index (χ1) is 9.73. The van der Waals surface area contributed by atoms with Gasteiger partial charge in [0.25, 0.3) is 0 Å². The largest absolute Gasteiger partial charge is 0.472 e. The van der Waals surface area contributed by atoms with E-state index < -0.39 is 0 Å². The van der Waals surface area contributed by atoms with E-state index in [0.717, 1.165) is 12.1 Å². The van der Waals surface area contributed by atoms with Crippen molar-refractivity contribution >= 4 is 6.03 Å². The highest BCUT2D eigenvalue weighted by Crippen LogP contribution is 2.18. The number of nitrogens with zero attached hydrogens (tertiary/aromatic N) is 3. The number of carbonyl (C=O) groups is 1. The first-order valence-corrected chi connectivity index (χ1v) is 7.29. The summed E-state index contributed by atoms with van der Waals surface area (Å²) in [6.07, 6.45) is 0.809. The maximum absolute atomic E-state index is 12.1. The van der Waals surface area contributed by atoms with Gasteiger partial charge in [0.1, 0.15) is 11.9 Å². The van der Waals surface area contributed by atoms with Crippen LogP contribution in [-0.4, -0.2) is 45.6 Å². The van der Waals surface area contributed by atoms with Gasteiger partial charge in [0, 0.05) is 30.3 Å². The van der Waals surface area contributed by atoms with Gasteiger partial charge in [-0.05, 0) is 34.6 Å². The SMILES string of the molecule is Cc1cc(OC2CCN(C(=O)NC(C)(C)C)C2)nc(C)n1. The van der Waals surface area contributed by atoms with Crippen LogP contribution in [0.3, 0.4) is 0 Å². The third-order valence-corrected chi connectivity index (χ3v) is 3.14. The van der Waals surface area contributed by atoms with Crippen LogP contribution in [0.25, 0.3) is 0 Å². The molecule has 1 aromatic rings. The average molecular weight is 292 g/mol. The molecule has 1 unspecified atom stereocenters. The van der Waals surface area contributed by atoms with Crippen LogP contribution in [0.4, 0.5) is 4.79 Å². The van der Waals surface area contributed by atoms with E-state index in [9.17, 15) is 4.79 Å². The summed E-state index contributed by atoms with van der Waals surface area (Å²) in [5.41, 5.74) is 0.662. The molecule has 0 spiro atoms. The molecule has 116 valence electrons. The fourth-order valence-corrected chi connectivity index (χ4v) is 2.32. The molecule has 1 fully saturated rings. The van der Waals surface area contributed by atoms with Crippen molar-refractivity contribution in [3.8, 4) is 5.88 Å². The van der Waals surface area contributed by atoms with E-state index in [4.69, 9.17) is 4.74 Å². The number of carbonyl (C=O) groups excluding carboxylic acids is 1. The summed E-state index contributed by atoms with van der Waals surface area (Å²) in [7, 11) is 0. The topological polar surface area (TPSA) is 67.3 Å². The van der Waals surface area contributed by atoms with Crippen LogP contribution in [0.2, 0.25) is 0 Å². The van der Waals surface area contributed by atoms with Crippen LogP contribution in [0.15, 0.2) is 6.07 Å². The molecule has 0 aliphatic carbocycles. The first-order valence-electron chi connectivity index (χ1n) is 7.29. The molecule has 0 radical (unpaired) electrons. The van der Waals surface area contributed by atoms with Crippen LogP contribution in [0, 0.1) is 13.8 Å². The Bertz CT molecular complexity index is 505. The van der Waals surface area contributed by atoms with Crippen LogP contribution in [0.1, 0.15) is 38.7 Å². The number of rotatable bonds is 2. The van der Waals surface area contributed by atoms with Crippen molar-refractivity contribution in [2.75, 3.05) is 13.1 Å². The van der Waals surface area contributed by atoms with E-state index in [1.165, 1.54) is 0 Å². The van der Waals surface area contributed by atoms with Gasteiger partial charge in [-0.1, -0.05) is 0 Å². The Hall–Kier alpha value is -1.85. The number of hydrogen-bond donors (Lipinski definition) is 1. The molecular formula is C15H24N4O2. The molecule has 0 aromatic carbocycles. The Labute approximate surface area is 125 Å². The number of hydrogen-bond acceptors (Lipinski definition) is 4. The Balaban J connectivity index is 1.92. The quantitative estimate of drug-likeness (QED) is 0.906. The van der Waals surface area contributed by atoms with E-state index in [-0.39, 0.29) is 17.7 Å². The minimum Gasteiger partial charge on any atom is -0.472 e. The Kier molecular flexibility index (Phi) is 4.34. The summed E-state index contributed by atoms with van der Waals surface area (Å²) >= 11 is 0. The number of urea groups is 1. The monoisotopic (exact) mass is 292 g/mol. The molecule has 1 N–H and O–H groups in total. The van der Waals surface area contributed by atoms with Crippen molar-refractivity contribution in [3.63, 3.8) is 0 Å². The lowest BCUT2D eigenvalue weighted by Crippen LogP contribution is -2.48. The zero-order valence-electron chi connectivity index (χ0n) is 13.4. The number of aromatic nitrogens is 2. The third kappa shape index (κ3) is 4.58. The lowest BCUT2D eigenvalue weighted by molar-refractivity contribution is 0.177. The fourth-order valence-electron chi connectivity index (χ4n) is 2.32. The molecule has 1 saturated heterocycles. The molecule has 6 heteroatoms. The minimum atomic E-state index is -0.225. The molecule has 1 atom stereocenters. The van der Waals surface area contributed by atoms with Crippen molar-refractivity contribution in [3.05, 3.63) is 17.6 Å². The Morgan fingerprint density at radius 1 is 1.38 bits per heavy atom. The highest BCUT2D eigenvalue weighted by atomic mass is 16.5. The second-order valence-electron chi connectivity index (χ2n) is 6.55. The van der Waals surface area contributed by atoms with Crippen molar-refractivity contribution in [1.82, 2.24) is 20.2 Å². The van der Waals surface area contributed by atoms with E-state index >= 15 is 0 Å². The van der Waals surface area contributed by atoms with Gasteiger partial charge in [0.05, 0.1) is 6.54 Å². The highest BCUT2D eigenvalue weighted by Gasteiger charge is 2.29. The predicted octanol–water partition coefficient (Wildman–Crippen LogP) is 2.05. The van der Waals surface area contributed by atoms with Crippen LogP contribution in [0.5, 0.6) is 5.88 Å². The number of likely N-dealkylation sites (tertiary alicyclic amines) is 1. The van der Waals surface area contributed by atoms with Gasteiger partial charge in [-0.15, -0.1) is 0 Å². The van der Waals surface area contributed by atoms with Gasteiger partial charge in [-0.2, -0.15) is 4.98 Å². The number of aryl methyl sites for hydroxylation is 2. The summed E-state index contributed by atoms with van der Waals surface area (Å²) in [5.74, 6) is 1.29. The molecule has 6 nitrogen and oxygen atoms in total. The van der Waals surface area contributed by atoms with Gasteiger partial charge < -0.3 is 15.0 Å². The average Bonchev–Trinajstić information content (AvgIpc) is 2.73. The van der Waals surface area contributed by atoms with Crippen LogP contribution in [-0.2, 0) is 0 Å². The Morgan fingerprint density at radius 3 is 2.71 bits per heavy atom. The Morgan fingerprint density at radius 2 is 2.10 bits per heavy atom. The van der Waals surface area contributed by atoms with E-state index in [1.54, 1.807) is 4.90 Å². The number of nitrogens with one attached hydrogen (secondary N) is 1. The van der Waals surface area contributed by atoms with Crippen LogP contribution >= 0.6 is 0 Å². The number of ether oxygens (including phenoxy) is 1. The molecule has 1 aromatic heterocycles. The standard InChI is InChI=1S/C15H24N4O2/c1-10-8-13(17-11(2)16-10)21-12-6-7-19(9-12)14(20)18-15(3,4)5/h8,12H,6-7,9H2,1-5H3,(H,18,20). The lowest BCUT2D eigenvalue weighted by Gasteiger charge is -2.25. The van der Waals surface area contributed by atoms with E-state index in [1.807, 2.05) is 40.7 Å². The maximum Gasteiger partial charge on any atom is 0.317 e. The molecule has 21 heavy (non-hydrogen) atoms. The predicted molar refractivity (Wildman–Crippen MR) is 80.4 cm³/mol. The molecule has 1 aliphatic heterocycles. The molecule has 1 aliphatic rings. The normalized spacial score (nSPS) is 18.7. The second kappa shape index (κ2) is 5.87. The number of amides is 2. The maximum atomic E-state index is 12.1. The molecule has 2 heterocycles. The highest BCUT2D eigenvalue weighted by molar-refractivity contribution is 5.75. The summed E-state index contributed by atoms with van der Waals surface area (Å²) in [4.78, 5) is 22.4. The molecular weight excluding hydrogens is 268 g/mol. The summed E-state index contributed by atoms with van der Waals surface area (Å²) in [6.45, 7) is 11.0. The smallest absolute Gasteiger partial charge is 0.317 e. The van der Waals surface area contributed by atoms with E-state index in [2.05, 4.69) is 15.3 Å². The third-order valence-electron chi connectivity index (χ3n) is 3.14. The summed E-state index contributed by atoms with van der Waals surface area (Å²) < 4.78 is 5.87. The molecule has 0 saturated carbocycles. The molecule has 2 rings (SSSR count). The molecule has 2 amide bonds. The van der Waals surface area contributed by atoms with Gasteiger partial charge in [0.2, 0.25) is 5.88 Å². The summed E-state index contributed by atoms with van der Waals surface area (Å²) in [5, 5.41) is 2.97. The van der Waals surface area contributed by atoms with Gasteiger partial charge >= 0.3 is 6.03 Å². The lowest BCUT2D eigenvalue weighted by atomic mass is 10.1. The summed E-state index contributed by atoms with van der Waals surface area (Å²) in [6, 6.07) is 1.79. The zero-order valence-corrected chi connectivity index (χ0v) is 13.4. The van der Waals surface area contributed by atoms with Crippen LogP contribution < -0.4 is 10.1 Å². The van der Waals surface area contributed by atoms with Crippen molar-refractivity contribution < 1.29 is 9.53 Å². The van der Waals surface area contributed by atoms with Gasteiger partial charge in [0.15, 0.2) is 0 Å². The van der Waals surface area contributed by atoms with E-state index in [0.29, 0.717) is 24.8 Å². The molecule has 0 bridgehead atoms. The first kappa shape index (κ1) is 15.5. The van der Waals surface area contributed by atoms with Gasteiger partial charge in [-0.3, -0.25) is 0 Å². The van der Waals surface area contributed by atoms with Gasteiger partial charge in [-0.25, -0.2) is 9.78 Å². The minimum absolute atomic E-state index is 0.00980. The van der Waals surface area contributed by atoms with Crippen molar-refractivity contribution in [2.45, 2.75) is 52.7 Å². The fraction of sp³-hybridized carbons (Fsp3) is 0.667. The second-order valence-corrected chi connectivity index (χ2v) is 6.55. The zero-order chi connectivity index (χ0) is 15.6. The van der Waals surface area contributed by atoms with Crippen molar-refractivity contribution in [2.24, 2.45) is 0 Å². The van der Waals surface area contributed by atoms with Crippen molar-refractivity contribution in [1.29, 1.82) is 0 Å².